The molecule has 28 heavy (non-hydrogen) atoms. The summed E-state index contributed by atoms with van der Waals surface area (Å²) < 4.78 is 25.3. The summed E-state index contributed by atoms with van der Waals surface area (Å²) >= 11 is 0. The van der Waals surface area contributed by atoms with Crippen LogP contribution in [0.2, 0.25) is 0 Å². The van der Waals surface area contributed by atoms with Crippen molar-refractivity contribution in [3.8, 4) is 0 Å². The minimum Gasteiger partial charge on any atom is -0.348 e. The monoisotopic (exact) mass is 397 g/mol. The number of rotatable bonds is 6. The van der Waals surface area contributed by atoms with Crippen molar-refractivity contribution in [1.82, 2.24) is 15.1 Å². The Morgan fingerprint density at radius 2 is 1.75 bits per heavy atom. The van der Waals surface area contributed by atoms with Crippen LogP contribution in [0.1, 0.15) is 32.9 Å². The average molecular weight is 398 g/mol. The van der Waals surface area contributed by atoms with Crippen LogP contribution < -0.4 is 5.32 Å². The second-order valence-electron chi connectivity index (χ2n) is 6.89. The first-order chi connectivity index (χ1) is 13.2. The zero-order valence-corrected chi connectivity index (χ0v) is 17.0. The Morgan fingerprint density at radius 3 is 2.43 bits per heavy atom. The fraction of sp³-hybridized carbons (Fsp3) is 0.238. The third kappa shape index (κ3) is 4.86. The lowest BCUT2D eigenvalue weighted by Gasteiger charge is -2.09. The summed E-state index contributed by atoms with van der Waals surface area (Å²) in [5.41, 5.74) is 4.46. The molecule has 0 atom stereocenters. The van der Waals surface area contributed by atoms with E-state index < -0.39 is 9.84 Å². The fourth-order valence-corrected chi connectivity index (χ4v) is 3.67. The van der Waals surface area contributed by atoms with E-state index in [1.807, 2.05) is 48.9 Å². The van der Waals surface area contributed by atoms with E-state index >= 15 is 0 Å². The molecule has 0 aliphatic rings. The number of nitrogens with zero attached hydrogens (tertiary/aromatic N) is 2. The van der Waals surface area contributed by atoms with Gasteiger partial charge in [-0.25, -0.2) is 8.42 Å². The number of benzene rings is 2. The van der Waals surface area contributed by atoms with Crippen molar-refractivity contribution in [1.29, 1.82) is 0 Å². The predicted octanol–water partition coefficient (Wildman–Crippen LogP) is 2.88. The molecule has 3 aromatic rings. The summed E-state index contributed by atoms with van der Waals surface area (Å²) in [4.78, 5) is 12.5. The van der Waals surface area contributed by atoms with Gasteiger partial charge in [0, 0.05) is 24.1 Å². The minimum absolute atomic E-state index is 0.132. The van der Waals surface area contributed by atoms with Gasteiger partial charge in [0.2, 0.25) is 0 Å². The van der Waals surface area contributed by atoms with Crippen LogP contribution in [0.3, 0.4) is 0 Å². The van der Waals surface area contributed by atoms with Gasteiger partial charge >= 0.3 is 0 Å². The molecule has 1 heterocycles. The highest BCUT2D eigenvalue weighted by atomic mass is 32.2. The van der Waals surface area contributed by atoms with Gasteiger partial charge in [-0.15, -0.1) is 0 Å². The molecule has 1 aromatic heterocycles. The molecule has 3 rings (SSSR count). The van der Waals surface area contributed by atoms with Gasteiger partial charge in [0.15, 0.2) is 9.84 Å². The molecule has 1 N–H and O–H groups in total. The van der Waals surface area contributed by atoms with Gasteiger partial charge in [0.25, 0.3) is 5.91 Å². The first-order valence-corrected chi connectivity index (χ1v) is 10.8. The van der Waals surface area contributed by atoms with Crippen molar-refractivity contribution in [3.63, 3.8) is 0 Å². The highest BCUT2D eigenvalue weighted by Gasteiger charge is 2.11. The molecule has 0 unspecified atom stereocenters. The van der Waals surface area contributed by atoms with E-state index in [1.165, 1.54) is 12.1 Å². The van der Waals surface area contributed by atoms with Gasteiger partial charge in [-0.2, -0.15) is 5.10 Å². The third-order valence-corrected chi connectivity index (χ3v) is 5.51. The minimum atomic E-state index is -3.35. The van der Waals surface area contributed by atoms with Crippen LogP contribution in [0.5, 0.6) is 0 Å². The fourth-order valence-electron chi connectivity index (χ4n) is 3.00. The highest BCUT2D eigenvalue weighted by molar-refractivity contribution is 7.90. The largest absolute Gasteiger partial charge is 0.348 e. The zero-order valence-electron chi connectivity index (χ0n) is 16.1. The molecule has 0 aliphatic heterocycles. The van der Waals surface area contributed by atoms with Crippen molar-refractivity contribution in [2.24, 2.45) is 0 Å². The van der Waals surface area contributed by atoms with E-state index in [9.17, 15) is 13.2 Å². The lowest BCUT2D eigenvalue weighted by molar-refractivity contribution is 0.0950. The lowest BCUT2D eigenvalue weighted by atomic mass is 10.1. The molecule has 146 valence electrons. The van der Waals surface area contributed by atoms with Crippen molar-refractivity contribution in [3.05, 3.63) is 82.7 Å². The second-order valence-corrected chi connectivity index (χ2v) is 8.90. The number of sulfone groups is 1. The summed E-state index contributed by atoms with van der Waals surface area (Å²) in [7, 11) is -3.35. The molecule has 0 aliphatic carbocycles. The molecule has 1 amide bonds. The smallest absolute Gasteiger partial charge is 0.251 e. The van der Waals surface area contributed by atoms with Crippen LogP contribution in [0.4, 0.5) is 0 Å². The average Bonchev–Trinajstić information content (AvgIpc) is 2.96. The molecule has 0 spiro atoms. The summed E-state index contributed by atoms with van der Waals surface area (Å²) in [6.07, 6.45) is 1.12. The van der Waals surface area contributed by atoms with E-state index in [-0.39, 0.29) is 10.8 Å². The topological polar surface area (TPSA) is 81.1 Å². The van der Waals surface area contributed by atoms with Gasteiger partial charge in [-0.05, 0) is 49.2 Å². The van der Waals surface area contributed by atoms with Crippen LogP contribution >= 0.6 is 0 Å². The molecule has 2 aromatic carbocycles. The number of nitrogens with one attached hydrogen (secondary N) is 1. The third-order valence-electron chi connectivity index (χ3n) is 4.40. The number of aromatic nitrogens is 2. The van der Waals surface area contributed by atoms with Gasteiger partial charge in [-0.1, -0.05) is 30.3 Å². The maximum atomic E-state index is 12.4. The summed E-state index contributed by atoms with van der Waals surface area (Å²) in [6, 6.07) is 16.0. The summed E-state index contributed by atoms with van der Waals surface area (Å²) in [5, 5.41) is 7.32. The van der Waals surface area contributed by atoms with E-state index in [0.29, 0.717) is 18.7 Å². The molecular weight excluding hydrogens is 374 g/mol. The first-order valence-electron chi connectivity index (χ1n) is 8.89. The number of carbonyl (C=O) groups excluding carboxylic acids is 1. The molecule has 0 fully saturated rings. The van der Waals surface area contributed by atoms with Crippen molar-refractivity contribution in [2.75, 3.05) is 6.26 Å². The maximum absolute atomic E-state index is 12.4. The van der Waals surface area contributed by atoms with Gasteiger partial charge in [0.1, 0.15) is 0 Å². The van der Waals surface area contributed by atoms with Gasteiger partial charge in [0.05, 0.1) is 17.1 Å². The lowest BCUT2D eigenvalue weighted by Crippen LogP contribution is -2.23. The van der Waals surface area contributed by atoms with E-state index in [0.717, 1.165) is 28.8 Å². The number of hydrogen-bond donors (Lipinski definition) is 1. The van der Waals surface area contributed by atoms with E-state index in [4.69, 9.17) is 0 Å². The van der Waals surface area contributed by atoms with E-state index in [2.05, 4.69) is 10.4 Å². The number of hydrogen-bond acceptors (Lipinski definition) is 4. The normalized spacial score (nSPS) is 11.4. The molecule has 7 heteroatoms. The van der Waals surface area contributed by atoms with Crippen LogP contribution in [0, 0.1) is 13.8 Å². The van der Waals surface area contributed by atoms with Crippen molar-refractivity contribution >= 4 is 15.7 Å². The molecular formula is C21H23N3O3S. The number of carbonyl (C=O) groups is 1. The van der Waals surface area contributed by atoms with Gasteiger partial charge in [-0.3, -0.25) is 9.48 Å². The highest BCUT2D eigenvalue weighted by Crippen LogP contribution is 2.13. The molecule has 0 radical (unpaired) electrons. The first kappa shape index (κ1) is 19.8. The standard InChI is InChI=1S/C21H23N3O3S/c1-15-10-16(2)24(23-15)14-18-7-4-6-17(11-18)13-22-21(25)19-8-5-9-20(12-19)28(3,26)27/h4-12H,13-14H2,1-3H3,(H,22,25). The number of aryl methyl sites for hydroxylation is 2. The zero-order chi connectivity index (χ0) is 20.3. The Bertz CT molecular complexity index is 1120. The Labute approximate surface area is 165 Å². The maximum Gasteiger partial charge on any atom is 0.251 e. The molecule has 6 nitrogen and oxygen atoms in total. The predicted molar refractivity (Wildman–Crippen MR) is 108 cm³/mol. The molecule has 0 saturated heterocycles. The molecule has 0 bridgehead atoms. The SMILES string of the molecule is Cc1cc(C)n(Cc2cccc(CNC(=O)c3cccc(S(C)(=O)=O)c3)c2)n1. The Hall–Kier alpha value is -2.93. The Kier molecular flexibility index (Phi) is 5.65. The van der Waals surface area contributed by atoms with Gasteiger partial charge < -0.3 is 5.32 Å². The Balaban J connectivity index is 1.68. The quantitative estimate of drug-likeness (QED) is 0.693. The van der Waals surface area contributed by atoms with Crippen LogP contribution in [-0.4, -0.2) is 30.4 Å². The van der Waals surface area contributed by atoms with E-state index in [1.54, 1.807) is 12.1 Å². The van der Waals surface area contributed by atoms with Crippen LogP contribution in [0.15, 0.2) is 59.5 Å². The Morgan fingerprint density at radius 1 is 1.04 bits per heavy atom. The van der Waals surface area contributed by atoms with Crippen LogP contribution in [-0.2, 0) is 22.9 Å². The molecule has 0 saturated carbocycles. The summed E-state index contributed by atoms with van der Waals surface area (Å²) in [5.74, 6) is -0.311. The second kappa shape index (κ2) is 7.98. The van der Waals surface area contributed by atoms with Crippen molar-refractivity contribution in [2.45, 2.75) is 31.8 Å². The number of amides is 1. The summed E-state index contributed by atoms with van der Waals surface area (Å²) in [6.45, 7) is 5.01. The van der Waals surface area contributed by atoms with Crippen molar-refractivity contribution < 1.29 is 13.2 Å². The van der Waals surface area contributed by atoms with Crippen LogP contribution in [0.25, 0.3) is 0 Å².